The van der Waals surface area contributed by atoms with Gasteiger partial charge in [0.1, 0.15) is 12.3 Å². The number of hydrogen-bond donors (Lipinski definition) is 3. The molecule has 0 atom stereocenters. The Morgan fingerprint density at radius 1 is 1.23 bits per heavy atom. The largest absolute Gasteiger partial charge is 0.388 e. The van der Waals surface area contributed by atoms with E-state index in [2.05, 4.69) is 20.5 Å². The predicted octanol–water partition coefficient (Wildman–Crippen LogP) is 1.72. The molecule has 11 nitrogen and oxygen atoms in total. The minimum atomic E-state index is -4.04. The van der Waals surface area contributed by atoms with E-state index in [0.717, 1.165) is 11.3 Å². The standard InChI is InChI=1S/C26H35F2N5O6S/c1-24(2,16-39-26(27,28)15-34)40(37,38)25(10-11-25)14-33-12-9-19-20(31-32(4)21(19)23(33)36)22(35)30-13-17-5-7-18(29-3)8-6-17/h5-8,29,34H,9-16H2,1-4H3,(H,30,35). The number of amides is 2. The predicted molar refractivity (Wildman–Crippen MR) is 143 cm³/mol. The van der Waals surface area contributed by atoms with Gasteiger partial charge in [-0.1, -0.05) is 12.1 Å². The van der Waals surface area contributed by atoms with Gasteiger partial charge in [-0.05, 0) is 50.8 Å². The number of anilines is 1. The second-order valence-corrected chi connectivity index (χ2v) is 13.9. The molecular formula is C26H35F2N5O6S. The molecule has 1 aliphatic heterocycles. The molecule has 14 heteroatoms. The molecule has 0 unspecified atom stereocenters. The summed E-state index contributed by atoms with van der Waals surface area (Å²) in [5, 5.41) is 18.9. The van der Waals surface area contributed by atoms with Crippen molar-refractivity contribution in [3.05, 3.63) is 46.8 Å². The minimum absolute atomic E-state index is 0.108. The van der Waals surface area contributed by atoms with Crippen LogP contribution in [0.2, 0.25) is 0 Å². The summed E-state index contributed by atoms with van der Waals surface area (Å²) in [6.07, 6.45) is -3.00. The first-order chi connectivity index (χ1) is 18.7. The first-order valence-corrected chi connectivity index (χ1v) is 14.4. The van der Waals surface area contributed by atoms with E-state index in [-0.39, 0.29) is 43.9 Å². The summed E-state index contributed by atoms with van der Waals surface area (Å²) in [6.45, 7) is 0.567. The number of nitrogens with zero attached hydrogens (tertiary/aromatic N) is 3. The number of aliphatic hydroxyl groups is 1. The number of aryl methyl sites for hydroxylation is 1. The lowest BCUT2D eigenvalue weighted by atomic mass is 10.0. The first-order valence-electron chi connectivity index (χ1n) is 12.9. The Morgan fingerprint density at radius 3 is 2.45 bits per heavy atom. The summed E-state index contributed by atoms with van der Waals surface area (Å²) in [5.74, 6) is -0.862. The number of nitrogens with one attached hydrogen (secondary N) is 2. The molecule has 2 aliphatic rings. The fraction of sp³-hybridized carbons (Fsp3) is 0.577. The fourth-order valence-corrected chi connectivity index (χ4v) is 7.30. The maximum atomic E-state index is 13.6. The van der Waals surface area contributed by atoms with Crippen molar-refractivity contribution in [1.29, 1.82) is 0 Å². The molecule has 220 valence electrons. The second-order valence-electron chi connectivity index (χ2n) is 10.9. The van der Waals surface area contributed by atoms with Crippen molar-refractivity contribution in [2.24, 2.45) is 7.05 Å². The van der Waals surface area contributed by atoms with Gasteiger partial charge >= 0.3 is 6.11 Å². The number of hydrogen-bond acceptors (Lipinski definition) is 8. The highest BCUT2D eigenvalue weighted by atomic mass is 32.2. The van der Waals surface area contributed by atoms with Crippen LogP contribution in [-0.2, 0) is 34.6 Å². The van der Waals surface area contributed by atoms with Crippen molar-refractivity contribution in [2.45, 2.75) is 55.3 Å². The molecule has 2 amide bonds. The van der Waals surface area contributed by atoms with Crippen molar-refractivity contribution < 1.29 is 36.6 Å². The fourth-order valence-electron chi connectivity index (χ4n) is 4.95. The van der Waals surface area contributed by atoms with Gasteiger partial charge < -0.3 is 25.4 Å². The molecule has 0 spiro atoms. The molecule has 0 bridgehead atoms. The smallest absolute Gasteiger partial charge is 0.378 e. The van der Waals surface area contributed by atoms with E-state index in [4.69, 9.17) is 5.11 Å². The quantitative estimate of drug-likeness (QED) is 0.343. The zero-order valence-corrected chi connectivity index (χ0v) is 23.8. The van der Waals surface area contributed by atoms with Crippen LogP contribution >= 0.6 is 0 Å². The number of halogens is 2. The summed E-state index contributed by atoms with van der Waals surface area (Å²) in [4.78, 5) is 27.9. The normalized spacial score (nSPS) is 17.0. The Kier molecular flexibility index (Phi) is 8.00. The van der Waals surface area contributed by atoms with Gasteiger partial charge in [0, 0.05) is 45.0 Å². The first kappa shape index (κ1) is 29.9. The van der Waals surface area contributed by atoms with Crippen molar-refractivity contribution in [2.75, 3.05) is 38.7 Å². The van der Waals surface area contributed by atoms with Gasteiger partial charge in [0.15, 0.2) is 15.5 Å². The lowest BCUT2D eigenvalue weighted by Gasteiger charge is -2.35. The summed E-state index contributed by atoms with van der Waals surface area (Å²) in [6, 6.07) is 7.55. The third kappa shape index (κ3) is 5.56. The number of fused-ring (bicyclic) bond motifs is 1. The zero-order chi connectivity index (χ0) is 29.5. The van der Waals surface area contributed by atoms with E-state index in [0.29, 0.717) is 12.0 Å². The van der Waals surface area contributed by atoms with Crippen LogP contribution in [0, 0.1) is 0 Å². The van der Waals surface area contributed by atoms with Crippen LogP contribution in [0.4, 0.5) is 14.5 Å². The van der Waals surface area contributed by atoms with E-state index >= 15 is 0 Å². The van der Waals surface area contributed by atoms with Crippen molar-refractivity contribution in [3.8, 4) is 0 Å². The van der Waals surface area contributed by atoms with Crippen LogP contribution in [0.5, 0.6) is 0 Å². The molecule has 1 saturated carbocycles. The summed E-state index contributed by atoms with van der Waals surface area (Å²) < 4.78 is 56.8. The number of aliphatic hydroxyl groups excluding tert-OH is 1. The van der Waals surface area contributed by atoms with Gasteiger partial charge in [-0.3, -0.25) is 14.3 Å². The van der Waals surface area contributed by atoms with Crippen LogP contribution in [0.1, 0.15) is 58.8 Å². The molecule has 1 aliphatic carbocycles. The van der Waals surface area contributed by atoms with E-state index in [9.17, 15) is 26.8 Å². The van der Waals surface area contributed by atoms with E-state index in [1.165, 1.54) is 23.4 Å². The summed E-state index contributed by atoms with van der Waals surface area (Å²) >= 11 is 0. The molecule has 40 heavy (non-hydrogen) atoms. The SMILES string of the molecule is CNc1ccc(CNC(=O)c2nn(C)c3c2CCN(CC2(S(=O)(=O)C(C)(C)COC(F)(F)CO)CC2)C3=O)cc1. The minimum Gasteiger partial charge on any atom is -0.388 e. The van der Waals surface area contributed by atoms with Crippen molar-refractivity contribution in [1.82, 2.24) is 20.0 Å². The van der Waals surface area contributed by atoms with Gasteiger partial charge in [0.05, 0.1) is 16.1 Å². The van der Waals surface area contributed by atoms with Crippen LogP contribution in [0.25, 0.3) is 0 Å². The van der Waals surface area contributed by atoms with E-state index < -0.39 is 50.5 Å². The van der Waals surface area contributed by atoms with Crippen LogP contribution in [0.15, 0.2) is 24.3 Å². The lowest BCUT2D eigenvalue weighted by Crippen LogP contribution is -2.52. The Hall–Kier alpha value is -3.10. The van der Waals surface area contributed by atoms with Gasteiger partial charge in [-0.25, -0.2) is 8.42 Å². The monoisotopic (exact) mass is 583 g/mol. The third-order valence-corrected chi connectivity index (χ3v) is 10.8. The molecule has 0 radical (unpaired) electrons. The topological polar surface area (TPSA) is 143 Å². The zero-order valence-electron chi connectivity index (χ0n) is 23.0. The van der Waals surface area contributed by atoms with Gasteiger partial charge in [-0.15, -0.1) is 0 Å². The van der Waals surface area contributed by atoms with Crippen LogP contribution in [-0.4, -0.2) is 89.0 Å². The maximum Gasteiger partial charge on any atom is 0.378 e. The Labute approximate surface area is 231 Å². The summed E-state index contributed by atoms with van der Waals surface area (Å²) in [7, 11) is -0.672. The highest BCUT2D eigenvalue weighted by molar-refractivity contribution is 7.94. The number of rotatable bonds is 12. The number of carbonyl (C=O) groups excluding carboxylic acids is 2. The second kappa shape index (κ2) is 10.7. The highest BCUT2D eigenvalue weighted by Crippen LogP contribution is 2.49. The molecular weight excluding hydrogens is 548 g/mol. The third-order valence-electron chi connectivity index (χ3n) is 7.58. The van der Waals surface area contributed by atoms with Gasteiger partial charge in [-0.2, -0.15) is 13.9 Å². The van der Waals surface area contributed by atoms with E-state index in [1.807, 2.05) is 31.3 Å². The van der Waals surface area contributed by atoms with E-state index in [1.54, 1.807) is 7.05 Å². The molecule has 1 aromatic heterocycles. The number of sulfone groups is 1. The molecule has 2 heterocycles. The molecule has 3 N–H and O–H groups in total. The van der Waals surface area contributed by atoms with Gasteiger partial charge in [0.25, 0.3) is 11.8 Å². The highest BCUT2D eigenvalue weighted by Gasteiger charge is 2.61. The summed E-state index contributed by atoms with van der Waals surface area (Å²) in [5.41, 5.74) is 2.70. The Bertz CT molecular complexity index is 1390. The molecule has 2 aromatic rings. The van der Waals surface area contributed by atoms with Crippen LogP contribution in [0.3, 0.4) is 0 Å². The molecule has 1 fully saturated rings. The van der Waals surface area contributed by atoms with Gasteiger partial charge in [0.2, 0.25) is 0 Å². The molecule has 1 aromatic carbocycles. The maximum absolute atomic E-state index is 13.6. The van der Waals surface area contributed by atoms with Crippen molar-refractivity contribution >= 4 is 27.3 Å². The lowest BCUT2D eigenvalue weighted by molar-refractivity contribution is -0.259. The number of alkyl halides is 2. The number of carbonyl (C=O) groups is 2. The van der Waals surface area contributed by atoms with Crippen molar-refractivity contribution in [3.63, 3.8) is 0 Å². The average molecular weight is 584 g/mol. The average Bonchev–Trinajstić information content (AvgIpc) is 3.64. The molecule has 4 rings (SSSR count). The number of ether oxygens (including phenoxy) is 1. The number of benzene rings is 1. The Morgan fingerprint density at radius 2 is 1.88 bits per heavy atom. The number of aromatic nitrogens is 2. The Balaban J connectivity index is 1.46. The molecule has 0 saturated heterocycles. The van der Waals surface area contributed by atoms with Crippen LogP contribution < -0.4 is 10.6 Å².